The number of rotatable bonds is 8. The van der Waals surface area contributed by atoms with Crippen LogP contribution < -0.4 is 4.74 Å². The van der Waals surface area contributed by atoms with Crippen molar-refractivity contribution >= 4 is 57.9 Å². The summed E-state index contributed by atoms with van der Waals surface area (Å²) < 4.78 is 6.10. The van der Waals surface area contributed by atoms with Crippen LogP contribution in [0.2, 0.25) is 5.02 Å². The molecule has 1 fully saturated rings. The van der Waals surface area contributed by atoms with Gasteiger partial charge in [0.1, 0.15) is 22.7 Å². The molecule has 1 heterocycles. The third-order valence-corrected chi connectivity index (χ3v) is 6.17. The van der Waals surface area contributed by atoms with E-state index in [1.807, 2.05) is 62.4 Å². The first kappa shape index (κ1) is 23.3. The van der Waals surface area contributed by atoms with Crippen molar-refractivity contribution < 1.29 is 19.4 Å². The monoisotopic (exact) mass is 475 g/mol. The lowest BCUT2D eigenvalue weighted by Gasteiger charge is -2.24. The van der Waals surface area contributed by atoms with Gasteiger partial charge in [-0.1, -0.05) is 73.7 Å². The molecule has 1 N–H and O–H groups in total. The average Bonchev–Trinajstić information content (AvgIpc) is 2.98. The normalized spacial score (nSPS) is 16.3. The van der Waals surface area contributed by atoms with Crippen LogP contribution in [0, 0.1) is 5.92 Å². The van der Waals surface area contributed by atoms with Gasteiger partial charge in [0.25, 0.3) is 5.91 Å². The Kier molecular flexibility index (Phi) is 7.75. The van der Waals surface area contributed by atoms with E-state index in [4.69, 9.17) is 28.6 Å². The fraction of sp³-hybridized carbons (Fsp3) is 0.261. The Bertz CT molecular complexity index is 1020. The molecule has 0 bridgehead atoms. The smallest absolute Gasteiger partial charge is 0.326 e. The molecule has 8 heteroatoms. The number of ether oxygens (including phenoxy) is 1. The van der Waals surface area contributed by atoms with Gasteiger partial charge in [-0.3, -0.25) is 9.69 Å². The fourth-order valence-electron chi connectivity index (χ4n) is 3.10. The zero-order valence-electron chi connectivity index (χ0n) is 17.1. The van der Waals surface area contributed by atoms with Crippen LogP contribution in [0.1, 0.15) is 31.4 Å². The Labute approximate surface area is 196 Å². The number of nitrogens with zero attached hydrogens (tertiary/aromatic N) is 1. The first-order chi connectivity index (χ1) is 14.7. The first-order valence-electron chi connectivity index (χ1n) is 9.71. The number of hydrogen-bond donors (Lipinski definition) is 1. The van der Waals surface area contributed by atoms with E-state index in [1.165, 1.54) is 4.90 Å². The van der Waals surface area contributed by atoms with Crippen molar-refractivity contribution in [3.8, 4) is 5.75 Å². The van der Waals surface area contributed by atoms with E-state index in [1.54, 1.807) is 6.08 Å². The molecule has 0 spiro atoms. The summed E-state index contributed by atoms with van der Waals surface area (Å²) in [5.74, 6) is -0.661. The van der Waals surface area contributed by atoms with Gasteiger partial charge < -0.3 is 9.84 Å². The molecule has 0 aliphatic carbocycles. The number of hydrogen-bond acceptors (Lipinski definition) is 5. The second-order valence-corrected chi connectivity index (χ2v) is 9.64. The van der Waals surface area contributed by atoms with Crippen molar-refractivity contribution in [2.24, 2.45) is 5.92 Å². The number of carbonyl (C=O) groups excluding carboxylic acids is 1. The van der Waals surface area contributed by atoms with Crippen LogP contribution in [0.3, 0.4) is 0 Å². The number of amides is 1. The summed E-state index contributed by atoms with van der Waals surface area (Å²) in [6.07, 6.45) is 2.05. The SMILES string of the molecule is CC(C)C[C@H](C(=O)O)N1C(=O)/C(=C/c2cccc(OCc3ccc(Cl)cc3)c2)SC1=S. The molecule has 1 aliphatic heterocycles. The molecule has 2 aromatic carbocycles. The molecule has 1 aliphatic rings. The number of thioether (sulfide) groups is 1. The number of aliphatic carboxylic acids is 1. The first-order valence-corrected chi connectivity index (χ1v) is 11.3. The van der Waals surface area contributed by atoms with Crippen LogP contribution >= 0.6 is 35.6 Å². The van der Waals surface area contributed by atoms with Gasteiger partial charge in [-0.25, -0.2) is 4.79 Å². The zero-order chi connectivity index (χ0) is 22.5. The van der Waals surface area contributed by atoms with Crippen LogP contribution in [0.15, 0.2) is 53.4 Å². The Hall–Kier alpha value is -2.35. The summed E-state index contributed by atoms with van der Waals surface area (Å²) in [6.45, 7) is 4.22. The van der Waals surface area contributed by atoms with Crippen LogP contribution in [-0.2, 0) is 16.2 Å². The van der Waals surface area contributed by atoms with Crippen molar-refractivity contribution in [2.45, 2.75) is 32.9 Å². The minimum Gasteiger partial charge on any atom is -0.489 e. The summed E-state index contributed by atoms with van der Waals surface area (Å²) in [7, 11) is 0. The van der Waals surface area contributed by atoms with Crippen molar-refractivity contribution in [3.05, 3.63) is 69.6 Å². The largest absolute Gasteiger partial charge is 0.489 e. The highest BCUT2D eigenvalue weighted by Gasteiger charge is 2.40. The van der Waals surface area contributed by atoms with Crippen LogP contribution in [0.25, 0.3) is 6.08 Å². The highest BCUT2D eigenvalue weighted by molar-refractivity contribution is 8.26. The minimum atomic E-state index is -1.05. The molecule has 162 valence electrons. The molecule has 1 saturated heterocycles. The second kappa shape index (κ2) is 10.3. The fourth-order valence-corrected chi connectivity index (χ4v) is 4.59. The Morgan fingerprint density at radius 3 is 2.61 bits per heavy atom. The van der Waals surface area contributed by atoms with E-state index in [0.717, 1.165) is 22.9 Å². The predicted octanol–water partition coefficient (Wildman–Crippen LogP) is 5.62. The predicted molar refractivity (Wildman–Crippen MR) is 128 cm³/mol. The number of carboxylic acids is 1. The Balaban J connectivity index is 1.74. The summed E-state index contributed by atoms with van der Waals surface area (Å²) in [4.78, 5) is 26.3. The van der Waals surface area contributed by atoms with Crippen molar-refractivity contribution in [1.82, 2.24) is 4.90 Å². The summed E-state index contributed by atoms with van der Waals surface area (Å²) in [6, 6.07) is 13.8. The highest BCUT2D eigenvalue weighted by Crippen LogP contribution is 2.35. The number of halogens is 1. The van der Waals surface area contributed by atoms with E-state index in [0.29, 0.717) is 28.7 Å². The number of carbonyl (C=O) groups is 2. The van der Waals surface area contributed by atoms with Crippen molar-refractivity contribution in [1.29, 1.82) is 0 Å². The quantitative estimate of drug-likeness (QED) is 0.395. The van der Waals surface area contributed by atoms with E-state index >= 15 is 0 Å². The molecule has 2 aromatic rings. The standard InChI is InChI=1S/C23H22ClNO4S2/c1-14(2)10-19(22(27)28)25-21(26)20(31-23(25)30)12-16-4-3-5-18(11-16)29-13-15-6-8-17(24)9-7-15/h3-9,11-12,14,19H,10,13H2,1-2H3,(H,27,28)/b20-12-/t19-/m1/s1. The molecular weight excluding hydrogens is 454 g/mol. The Morgan fingerprint density at radius 1 is 1.26 bits per heavy atom. The summed E-state index contributed by atoms with van der Waals surface area (Å²) in [5, 5.41) is 10.3. The zero-order valence-corrected chi connectivity index (χ0v) is 19.5. The van der Waals surface area contributed by atoms with E-state index < -0.39 is 12.0 Å². The van der Waals surface area contributed by atoms with Gasteiger partial charge in [0.2, 0.25) is 0 Å². The topological polar surface area (TPSA) is 66.8 Å². The minimum absolute atomic E-state index is 0.115. The molecule has 5 nitrogen and oxygen atoms in total. The van der Waals surface area contributed by atoms with Crippen LogP contribution in [0.5, 0.6) is 5.75 Å². The molecule has 0 unspecified atom stereocenters. The van der Waals surface area contributed by atoms with Crippen LogP contribution in [-0.4, -0.2) is 32.2 Å². The van der Waals surface area contributed by atoms with Crippen LogP contribution in [0.4, 0.5) is 0 Å². The maximum Gasteiger partial charge on any atom is 0.326 e. The summed E-state index contributed by atoms with van der Waals surface area (Å²) >= 11 is 12.3. The van der Waals surface area contributed by atoms with Gasteiger partial charge in [0.15, 0.2) is 0 Å². The van der Waals surface area contributed by atoms with Crippen molar-refractivity contribution in [2.75, 3.05) is 0 Å². The number of thiocarbonyl (C=S) groups is 1. The molecular formula is C23H22ClNO4S2. The highest BCUT2D eigenvalue weighted by atomic mass is 35.5. The molecule has 0 saturated carbocycles. The van der Waals surface area contributed by atoms with Gasteiger partial charge in [-0.15, -0.1) is 0 Å². The van der Waals surface area contributed by atoms with E-state index in [9.17, 15) is 14.7 Å². The third kappa shape index (κ3) is 6.09. The average molecular weight is 476 g/mol. The molecule has 1 atom stereocenters. The van der Waals surface area contributed by atoms with Gasteiger partial charge >= 0.3 is 5.97 Å². The number of carboxylic acid groups (broad SMARTS) is 1. The molecule has 0 radical (unpaired) electrons. The van der Waals surface area contributed by atoms with Gasteiger partial charge in [0.05, 0.1) is 4.91 Å². The maximum absolute atomic E-state index is 12.9. The van der Waals surface area contributed by atoms with Crippen molar-refractivity contribution in [3.63, 3.8) is 0 Å². The van der Waals surface area contributed by atoms with Gasteiger partial charge in [-0.05, 0) is 53.8 Å². The molecule has 1 amide bonds. The summed E-state index contributed by atoms with van der Waals surface area (Å²) in [5.41, 5.74) is 1.75. The lowest BCUT2D eigenvalue weighted by Crippen LogP contribution is -2.44. The van der Waals surface area contributed by atoms with E-state index in [-0.39, 0.29) is 16.1 Å². The number of benzene rings is 2. The lowest BCUT2D eigenvalue weighted by atomic mass is 10.0. The van der Waals surface area contributed by atoms with Gasteiger partial charge in [-0.2, -0.15) is 0 Å². The van der Waals surface area contributed by atoms with E-state index in [2.05, 4.69) is 0 Å². The lowest BCUT2D eigenvalue weighted by molar-refractivity contribution is -0.145. The maximum atomic E-state index is 12.9. The molecule has 31 heavy (non-hydrogen) atoms. The Morgan fingerprint density at radius 2 is 1.97 bits per heavy atom. The third-order valence-electron chi connectivity index (χ3n) is 4.59. The second-order valence-electron chi connectivity index (χ2n) is 7.52. The molecule has 0 aromatic heterocycles. The van der Waals surface area contributed by atoms with Gasteiger partial charge in [0, 0.05) is 5.02 Å². The molecule has 3 rings (SSSR count).